The highest BCUT2D eigenvalue weighted by Gasteiger charge is 1.95. The van der Waals surface area contributed by atoms with Gasteiger partial charge >= 0.3 is 0 Å². The van der Waals surface area contributed by atoms with E-state index in [4.69, 9.17) is 37.9 Å². The molecule has 0 aliphatic heterocycles. The summed E-state index contributed by atoms with van der Waals surface area (Å²) in [7, 11) is 0. The van der Waals surface area contributed by atoms with Crippen molar-refractivity contribution in [3.63, 3.8) is 0 Å². The highest BCUT2D eigenvalue weighted by Crippen LogP contribution is 2.07. The van der Waals surface area contributed by atoms with E-state index in [2.05, 4.69) is 6.92 Å². The Morgan fingerprint density at radius 3 is 1.18 bits per heavy atom. The number of para-hydroxylation sites is 1. The maximum Gasteiger partial charge on any atom is 0.119 e. The van der Waals surface area contributed by atoms with Crippen LogP contribution >= 0.6 is 0 Å². The fourth-order valence-corrected chi connectivity index (χ4v) is 2.61. The molecule has 0 bridgehead atoms. The Labute approximate surface area is 199 Å². The van der Waals surface area contributed by atoms with Crippen molar-refractivity contribution >= 4 is 0 Å². The molecule has 192 valence electrons. The Hall–Kier alpha value is -1.26. The first kappa shape index (κ1) is 29.8. The van der Waals surface area contributed by atoms with Crippen LogP contribution in [0.4, 0.5) is 0 Å². The molecule has 0 aromatic heterocycles. The second kappa shape index (κ2) is 25.4. The first-order chi connectivity index (χ1) is 16.4. The zero-order valence-electron chi connectivity index (χ0n) is 20.4. The Bertz CT molecular complexity index is 489. The van der Waals surface area contributed by atoms with E-state index in [1.807, 2.05) is 30.3 Å². The fraction of sp³-hybridized carbons (Fsp3) is 0.760. The lowest BCUT2D eigenvalue weighted by molar-refractivity contribution is -0.0212. The number of hydrogen-bond acceptors (Lipinski definition) is 8. The van der Waals surface area contributed by atoms with Crippen molar-refractivity contribution in [1.82, 2.24) is 0 Å². The van der Waals surface area contributed by atoms with Crippen LogP contribution in [0.2, 0.25) is 0 Å². The second-order valence-electron chi connectivity index (χ2n) is 7.16. The molecule has 0 N–H and O–H groups in total. The lowest BCUT2D eigenvalue weighted by atomic mass is 10.3. The van der Waals surface area contributed by atoms with Crippen LogP contribution in [-0.4, -0.2) is 99.1 Å². The molecule has 8 nitrogen and oxygen atoms in total. The average molecular weight is 473 g/mol. The van der Waals surface area contributed by atoms with E-state index in [1.165, 1.54) is 12.8 Å². The molecule has 0 saturated carbocycles. The van der Waals surface area contributed by atoms with E-state index in [0.29, 0.717) is 92.5 Å². The summed E-state index contributed by atoms with van der Waals surface area (Å²) in [5.41, 5.74) is 0. The van der Waals surface area contributed by atoms with Gasteiger partial charge in [-0.2, -0.15) is 0 Å². The lowest BCUT2D eigenvalue weighted by Gasteiger charge is -2.09. The molecule has 0 aliphatic rings. The van der Waals surface area contributed by atoms with E-state index in [1.54, 1.807) is 0 Å². The van der Waals surface area contributed by atoms with Crippen molar-refractivity contribution in [2.45, 2.75) is 26.2 Å². The zero-order chi connectivity index (χ0) is 23.5. The van der Waals surface area contributed by atoms with Crippen LogP contribution in [0.3, 0.4) is 0 Å². The maximum atomic E-state index is 5.54. The second-order valence-corrected chi connectivity index (χ2v) is 7.16. The first-order valence-corrected chi connectivity index (χ1v) is 12.2. The Kier molecular flexibility index (Phi) is 22.9. The summed E-state index contributed by atoms with van der Waals surface area (Å²) < 4.78 is 43.7. The topological polar surface area (TPSA) is 73.8 Å². The van der Waals surface area contributed by atoms with Gasteiger partial charge in [0, 0.05) is 6.61 Å². The predicted molar refractivity (Wildman–Crippen MR) is 127 cm³/mol. The van der Waals surface area contributed by atoms with Gasteiger partial charge in [-0.15, -0.1) is 0 Å². The minimum absolute atomic E-state index is 0.528. The molecule has 0 unspecified atom stereocenters. The molecule has 0 radical (unpaired) electrons. The molecule has 0 atom stereocenters. The minimum atomic E-state index is 0.528. The number of benzene rings is 1. The van der Waals surface area contributed by atoms with Gasteiger partial charge in [0.25, 0.3) is 0 Å². The van der Waals surface area contributed by atoms with E-state index in [0.717, 1.165) is 18.8 Å². The summed E-state index contributed by atoms with van der Waals surface area (Å²) >= 11 is 0. The zero-order valence-corrected chi connectivity index (χ0v) is 20.4. The van der Waals surface area contributed by atoms with E-state index in [9.17, 15) is 0 Å². The highest BCUT2D eigenvalue weighted by molar-refractivity contribution is 5.20. The molecule has 0 aliphatic carbocycles. The number of hydrogen-bond donors (Lipinski definition) is 0. The largest absolute Gasteiger partial charge is 0.491 e. The molecule has 1 rings (SSSR count). The van der Waals surface area contributed by atoms with Crippen molar-refractivity contribution in [2.75, 3.05) is 99.1 Å². The van der Waals surface area contributed by atoms with Gasteiger partial charge in [-0.25, -0.2) is 0 Å². The van der Waals surface area contributed by atoms with Crippen molar-refractivity contribution in [3.8, 4) is 5.75 Å². The van der Waals surface area contributed by atoms with Crippen LogP contribution < -0.4 is 4.74 Å². The third-order valence-corrected chi connectivity index (χ3v) is 4.36. The Balaban J connectivity index is 1.64. The van der Waals surface area contributed by atoms with Gasteiger partial charge in [0.2, 0.25) is 0 Å². The molecule has 1 aromatic rings. The summed E-state index contributed by atoms with van der Waals surface area (Å²) in [6, 6.07) is 9.69. The first-order valence-electron chi connectivity index (χ1n) is 12.2. The predicted octanol–water partition coefficient (Wildman–Crippen LogP) is 3.37. The normalized spacial score (nSPS) is 11.2. The Morgan fingerprint density at radius 2 is 0.788 bits per heavy atom. The standard InChI is InChI=1S/C25H44O8/c1-2-3-7-10-26-11-12-27-13-14-28-15-16-29-17-18-30-19-20-31-21-22-32-23-24-33-25-8-5-4-6-9-25/h4-6,8-9H,2-3,7,10-24H2,1H3. The summed E-state index contributed by atoms with van der Waals surface area (Å²) in [5.74, 6) is 0.852. The fourth-order valence-electron chi connectivity index (χ4n) is 2.61. The van der Waals surface area contributed by atoms with Crippen LogP contribution in [0.5, 0.6) is 5.75 Å². The van der Waals surface area contributed by atoms with E-state index >= 15 is 0 Å². The lowest BCUT2D eigenvalue weighted by Crippen LogP contribution is -2.15. The summed E-state index contributed by atoms with van der Waals surface area (Å²) in [5, 5.41) is 0. The molecular formula is C25H44O8. The molecule has 1 aromatic carbocycles. The molecular weight excluding hydrogens is 428 g/mol. The van der Waals surface area contributed by atoms with Gasteiger partial charge in [-0.1, -0.05) is 38.0 Å². The van der Waals surface area contributed by atoms with Gasteiger partial charge in [-0.05, 0) is 18.6 Å². The van der Waals surface area contributed by atoms with Gasteiger partial charge in [0.1, 0.15) is 12.4 Å². The maximum absolute atomic E-state index is 5.54. The van der Waals surface area contributed by atoms with Gasteiger partial charge in [-0.3, -0.25) is 0 Å². The van der Waals surface area contributed by atoms with Crippen LogP contribution in [-0.2, 0) is 33.2 Å². The molecule has 0 saturated heterocycles. The van der Waals surface area contributed by atoms with Crippen LogP contribution in [0.15, 0.2) is 30.3 Å². The quantitative estimate of drug-likeness (QED) is 0.190. The number of rotatable bonds is 26. The van der Waals surface area contributed by atoms with Crippen LogP contribution in [0.1, 0.15) is 26.2 Å². The van der Waals surface area contributed by atoms with Gasteiger partial charge in [0.05, 0.1) is 85.9 Å². The molecule has 0 spiro atoms. The molecule has 0 fully saturated rings. The summed E-state index contributed by atoms with van der Waals surface area (Å²) in [6.45, 7) is 10.8. The Morgan fingerprint density at radius 1 is 0.424 bits per heavy atom. The van der Waals surface area contributed by atoms with Crippen molar-refractivity contribution in [3.05, 3.63) is 30.3 Å². The van der Waals surface area contributed by atoms with Crippen LogP contribution in [0.25, 0.3) is 0 Å². The third-order valence-electron chi connectivity index (χ3n) is 4.36. The van der Waals surface area contributed by atoms with Crippen molar-refractivity contribution in [2.24, 2.45) is 0 Å². The van der Waals surface area contributed by atoms with Crippen molar-refractivity contribution < 1.29 is 37.9 Å². The monoisotopic (exact) mass is 472 g/mol. The molecule has 0 heterocycles. The van der Waals surface area contributed by atoms with Crippen molar-refractivity contribution in [1.29, 1.82) is 0 Å². The molecule has 0 amide bonds. The summed E-state index contributed by atoms with van der Waals surface area (Å²) in [6.07, 6.45) is 3.56. The smallest absolute Gasteiger partial charge is 0.119 e. The SMILES string of the molecule is CCCCCOCCOCCOCCOCCOCCOCCOCCOc1ccccc1. The van der Waals surface area contributed by atoms with Gasteiger partial charge < -0.3 is 37.9 Å². The van der Waals surface area contributed by atoms with Crippen LogP contribution in [0, 0.1) is 0 Å². The van der Waals surface area contributed by atoms with E-state index in [-0.39, 0.29) is 0 Å². The third kappa shape index (κ3) is 22.3. The average Bonchev–Trinajstić information content (AvgIpc) is 2.84. The molecule has 33 heavy (non-hydrogen) atoms. The van der Waals surface area contributed by atoms with Gasteiger partial charge in [0.15, 0.2) is 0 Å². The molecule has 8 heteroatoms. The number of ether oxygens (including phenoxy) is 8. The number of unbranched alkanes of at least 4 members (excludes halogenated alkanes) is 2. The highest BCUT2D eigenvalue weighted by atomic mass is 16.6. The summed E-state index contributed by atoms with van der Waals surface area (Å²) in [4.78, 5) is 0. The van der Waals surface area contributed by atoms with E-state index < -0.39 is 0 Å². The minimum Gasteiger partial charge on any atom is -0.491 e.